The average Bonchev–Trinajstić information content (AvgIpc) is 3.37. The fraction of sp³-hybridized carbons (Fsp3) is 0.278. The van der Waals surface area contributed by atoms with E-state index in [4.69, 9.17) is 4.74 Å². The molecule has 142 valence electrons. The lowest BCUT2D eigenvalue weighted by atomic mass is 10.2. The van der Waals surface area contributed by atoms with Crippen LogP contribution in [0.3, 0.4) is 0 Å². The number of hydrogen-bond acceptors (Lipinski definition) is 8. The van der Waals surface area contributed by atoms with Crippen LogP contribution in [0.4, 0.5) is 5.13 Å². The first-order valence-electron chi connectivity index (χ1n) is 8.35. The van der Waals surface area contributed by atoms with Gasteiger partial charge in [0.1, 0.15) is 5.75 Å². The van der Waals surface area contributed by atoms with E-state index in [1.54, 1.807) is 18.4 Å². The minimum absolute atomic E-state index is 0.0294. The molecule has 0 bridgehead atoms. The van der Waals surface area contributed by atoms with E-state index in [1.807, 2.05) is 24.3 Å². The molecule has 0 saturated heterocycles. The normalized spacial score (nSPS) is 10.6. The molecule has 0 spiro atoms. The summed E-state index contributed by atoms with van der Waals surface area (Å²) < 4.78 is 5.91. The summed E-state index contributed by atoms with van der Waals surface area (Å²) in [6.07, 6.45) is 0.966. The third kappa shape index (κ3) is 6.53. The lowest BCUT2D eigenvalue weighted by Gasteiger charge is -2.05. The zero-order valence-corrected chi connectivity index (χ0v) is 17.3. The van der Waals surface area contributed by atoms with Gasteiger partial charge in [0.25, 0.3) is 0 Å². The van der Waals surface area contributed by atoms with Crippen LogP contribution in [0.15, 0.2) is 46.1 Å². The Morgan fingerprint density at radius 2 is 2.07 bits per heavy atom. The number of amides is 1. The molecule has 0 saturated carbocycles. The number of ether oxygens (including phenoxy) is 1. The number of benzene rings is 1. The van der Waals surface area contributed by atoms with Crippen LogP contribution in [0.2, 0.25) is 0 Å². The highest BCUT2D eigenvalue weighted by atomic mass is 32.2. The van der Waals surface area contributed by atoms with Crippen molar-refractivity contribution in [2.75, 3.05) is 24.7 Å². The van der Waals surface area contributed by atoms with Crippen molar-refractivity contribution in [1.29, 1.82) is 0 Å². The maximum absolute atomic E-state index is 12.0. The van der Waals surface area contributed by atoms with E-state index in [0.29, 0.717) is 12.3 Å². The second-order valence-electron chi connectivity index (χ2n) is 5.54. The number of thiophene rings is 1. The zero-order chi connectivity index (χ0) is 18.9. The molecule has 0 aliphatic heterocycles. The number of methoxy groups -OCH3 is 1. The lowest BCUT2D eigenvalue weighted by molar-refractivity contribution is -0.118. The molecule has 27 heavy (non-hydrogen) atoms. The van der Waals surface area contributed by atoms with Crippen molar-refractivity contribution in [1.82, 2.24) is 15.5 Å². The van der Waals surface area contributed by atoms with Crippen molar-refractivity contribution in [3.8, 4) is 5.75 Å². The summed E-state index contributed by atoms with van der Waals surface area (Å²) in [6.45, 7) is 1.32. The minimum atomic E-state index is -0.0294. The van der Waals surface area contributed by atoms with E-state index in [1.165, 1.54) is 28.0 Å². The number of carbonyl (C=O) groups is 1. The summed E-state index contributed by atoms with van der Waals surface area (Å²) in [7, 11) is 1.63. The smallest absolute Gasteiger partial charge is 0.230 e. The fourth-order valence-electron chi connectivity index (χ4n) is 2.21. The van der Waals surface area contributed by atoms with E-state index in [9.17, 15) is 4.79 Å². The van der Waals surface area contributed by atoms with Crippen molar-refractivity contribution in [2.45, 2.75) is 17.3 Å². The van der Waals surface area contributed by atoms with Crippen LogP contribution in [0.25, 0.3) is 0 Å². The van der Waals surface area contributed by atoms with E-state index in [0.717, 1.165) is 33.7 Å². The standard InChI is InChI=1S/C18H20N4O2S3/c1-24-14-6-4-13(5-7-14)11-20-16(23)12-26-18-22-21-17(27-18)19-9-8-15-3-2-10-25-15/h2-7,10H,8-9,11-12H2,1H3,(H,19,21)(H,20,23). The van der Waals surface area contributed by atoms with Crippen molar-refractivity contribution < 1.29 is 9.53 Å². The van der Waals surface area contributed by atoms with Gasteiger partial charge < -0.3 is 15.4 Å². The molecule has 0 fully saturated rings. The molecule has 3 aromatic rings. The fourth-order valence-corrected chi connectivity index (χ4v) is 4.53. The number of carbonyl (C=O) groups excluding carboxylic acids is 1. The molecule has 2 heterocycles. The first kappa shape index (κ1) is 19.7. The SMILES string of the molecule is COc1ccc(CNC(=O)CSc2nnc(NCCc3cccs3)s2)cc1. The molecule has 0 aliphatic rings. The summed E-state index contributed by atoms with van der Waals surface area (Å²) in [4.78, 5) is 13.4. The van der Waals surface area contributed by atoms with Crippen molar-refractivity contribution in [3.05, 3.63) is 52.2 Å². The predicted molar refractivity (Wildman–Crippen MR) is 112 cm³/mol. The van der Waals surface area contributed by atoms with Gasteiger partial charge in [-0.05, 0) is 35.6 Å². The second-order valence-corrected chi connectivity index (χ2v) is 8.77. The van der Waals surface area contributed by atoms with Gasteiger partial charge in [-0.25, -0.2) is 0 Å². The Bertz CT molecular complexity index is 835. The van der Waals surface area contributed by atoms with Crippen molar-refractivity contribution >= 4 is 45.5 Å². The number of hydrogen-bond donors (Lipinski definition) is 2. The minimum Gasteiger partial charge on any atom is -0.497 e. The molecule has 1 amide bonds. The summed E-state index contributed by atoms with van der Waals surface area (Å²) in [5.74, 6) is 1.09. The average molecular weight is 421 g/mol. The lowest BCUT2D eigenvalue weighted by Crippen LogP contribution is -2.24. The second kappa shape index (κ2) is 10.3. The molecule has 0 aliphatic carbocycles. The van der Waals surface area contributed by atoms with Crippen LogP contribution < -0.4 is 15.4 Å². The van der Waals surface area contributed by atoms with Gasteiger partial charge in [-0.1, -0.05) is 41.3 Å². The summed E-state index contributed by atoms with van der Waals surface area (Å²) in [5, 5.41) is 17.3. The van der Waals surface area contributed by atoms with E-state index >= 15 is 0 Å². The van der Waals surface area contributed by atoms with Crippen LogP contribution in [0.1, 0.15) is 10.4 Å². The molecule has 3 rings (SSSR count). The highest BCUT2D eigenvalue weighted by Gasteiger charge is 2.08. The van der Waals surface area contributed by atoms with Gasteiger partial charge in [-0.15, -0.1) is 21.5 Å². The van der Waals surface area contributed by atoms with E-state index in [-0.39, 0.29) is 5.91 Å². The predicted octanol–water partition coefficient (Wildman–Crippen LogP) is 3.67. The van der Waals surface area contributed by atoms with Gasteiger partial charge in [0.05, 0.1) is 12.9 Å². The Kier molecular flexibility index (Phi) is 7.49. The third-order valence-corrected chi connectivity index (χ3v) is 6.56. The number of nitrogens with zero attached hydrogens (tertiary/aromatic N) is 2. The molecule has 2 N–H and O–H groups in total. The van der Waals surface area contributed by atoms with Crippen LogP contribution in [-0.2, 0) is 17.8 Å². The van der Waals surface area contributed by atoms with Crippen molar-refractivity contribution in [2.24, 2.45) is 0 Å². The monoisotopic (exact) mass is 420 g/mol. The highest BCUT2D eigenvalue weighted by molar-refractivity contribution is 8.01. The Morgan fingerprint density at radius 3 is 2.81 bits per heavy atom. The first-order valence-corrected chi connectivity index (χ1v) is 11.0. The van der Waals surface area contributed by atoms with Gasteiger partial charge in [-0.3, -0.25) is 4.79 Å². The quantitative estimate of drug-likeness (QED) is 0.488. The Labute approximate surface area is 170 Å². The Morgan fingerprint density at radius 1 is 1.22 bits per heavy atom. The molecular weight excluding hydrogens is 400 g/mol. The number of rotatable bonds is 10. The molecule has 1 aromatic carbocycles. The maximum atomic E-state index is 12.0. The van der Waals surface area contributed by atoms with Crippen LogP contribution in [-0.4, -0.2) is 35.5 Å². The van der Waals surface area contributed by atoms with Crippen molar-refractivity contribution in [3.63, 3.8) is 0 Å². The molecule has 0 unspecified atom stereocenters. The molecule has 9 heteroatoms. The van der Waals surface area contributed by atoms with Gasteiger partial charge in [-0.2, -0.15) is 0 Å². The molecule has 0 radical (unpaired) electrons. The summed E-state index contributed by atoms with van der Waals surface area (Å²) in [6, 6.07) is 11.8. The van der Waals surface area contributed by atoms with Crippen LogP contribution in [0, 0.1) is 0 Å². The molecule has 2 aromatic heterocycles. The zero-order valence-electron chi connectivity index (χ0n) is 14.8. The van der Waals surface area contributed by atoms with Crippen LogP contribution in [0.5, 0.6) is 5.75 Å². The molecule has 6 nitrogen and oxygen atoms in total. The van der Waals surface area contributed by atoms with Gasteiger partial charge >= 0.3 is 0 Å². The number of anilines is 1. The number of aromatic nitrogens is 2. The molecule has 0 atom stereocenters. The Balaban J connectivity index is 1.35. The summed E-state index contributed by atoms with van der Waals surface area (Å²) in [5.41, 5.74) is 1.03. The van der Waals surface area contributed by atoms with Gasteiger partial charge in [0.15, 0.2) is 4.34 Å². The third-order valence-electron chi connectivity index (χ3n) is 3.61. The molecular formula is C18H20N4O2S3. The summed E-state index contributed by atoms with van der Waals surface area (Å²) >= 11 is 4.62. The largest absolute Gasteiger partial charge is 0.497 e. The van der Waals surface area contributed by atoms with Gasteiger partial charge in [0, 0.05) is 18.0 Å². The number of nitrogens with one attached hydrogen (secondary N) is 2. The first-order chi connectivity index (χ1) is 13.2. The van der Waals surface area contributed by atoms with Gasteiger partial charge in [0.2, 0.25) is 11.0 Å². The topological polar surface area (TPSA) is 76.1 Å². The van der Waals surface area contributed by atoms with E-state index in [2.05, 4.69) is 38.3 Å². The number of thioether (sulfide) groups is 1. The Hall–Kier alpha value is -2.10. The highest BCUT2D eigenvalue weighted by Crippen LogP contribution is 2.25. The van der Waals surface area contributed by atoms with E-state index < -0.39 is 0 Å². The maximum Gasteiger partial charge on any atom is 0.230 e. The van der Waals surface area contributed by atoms with Crippen LogP contribution >= 0.6 is 34.4 Å².